The molecule has 0 amide bonds. The Bertz CT molecular complexity index is 510. The van der Waals surface area contributed by atoms with Gasteiger partial charge < -0.3 is 0 Å². The molecule has 0 saturated carbocycles. The Kier molecular flexibility index (Phi) is 4.18. The number of thioether (sulfide) groups is 1. The molecule has 0 aliphatic heterocycles. The molecule has 0 aliphatic rings. The summed E-state index contributed by atoms with van der Waals surface area (Å²) in [6, 6.07) is 9.66. The molecule has 1 heterocycles. The highest BCUT2D eigenvalue weighted by atomic mass is 32.2. The van der Waals surface area contributed by atoms with Gasteiger partial charge in [-0.05, 0) is 59.0 Å². The van der Waals surface area contributed by atoms with E-state index in [0.717, 1.165) is 11.1 Å². The van der Waals surface area contributed by atoms with Crippen LogP contribution in [0, 0.1) is 0 Å². The quantitative estimate of drug-likeness (QED) is 0.461. The van der Waals surface area contributed by atoms with Crippen molar-refractivity contribution in [3.63, 3.8) is 0 Å². The van der Waals surface area contributed by atoms with Crippen LogP contribution < -0.4 is 0 Å². The summed E-state index contributed by atoms with van der Waals surface area (Å²) in [5, 5.41) is 4.01. The van der Waals surface area contributed by atoms with Crippen molar-refractivity contribution in [3.8, 4) is 0 Å². The second-order valence-electron chi connectivity index (χ2n) is 3.48. The van der Waals surface area contributed by atoms with Crippen molar-refractivity contribution in [2.24, 2.45) is 0 Å². The molecular formula is C14H12OS2. The van der Waals surface area contributed by atoms with Gasteiger partial charge in [0.25, 0.3) is 0 Å². The zero-order chi connectivity index (χ0) is 12.1. The summed E-state index contributed by atoms with van der Waals surface area (Å²) in [5.41, 5.74) is 1.80. The van der Waals surface area contributed by atoms with Crippen LogP contribution in [0.15, 0.2) is 52.1 Å². The van der Waals surface area contributed by atoms with E-state index in [1.165, 1.54) is 4.90 Å². The fourth-order valence-electron chi connectivity index (χ4n) is 1.39. The van der Waals surface area contributed by atoms with Crippen LogP contribution >= 0.6 is 23.1 Å². The number of carbonyl (C=O) groups is 1. The normalized spacial score (nSPS) is 10.9. The lowest BCUT2D eigenvalue weighted by Crippen LogP contribution is -1.93. The van der Waals surface area contributed by atoms with Gasteiger partial charge in [0.1, 0.15) is 0 Å². The van der Waals surface area contributed by atoms with E-state index in [9.17, 15) is 4.79 Å². The zero-order valence-electron chi connectivity index (χ0n) is 9.42. The van der Waals surface area contributed by atoms with Crippen molar-refractivity contribution in [2.45, 2.75) is 4.90 Å². The summed E-state index contributed by atoms with van der Waals surface area (Å²) in [6.45, 7) is 0. The highest BCUT2D eigenvalue weighted by molar-refractivity contribution is 7.98. The molecule has 0 bridgehead atoms. The molecule has 17 heavy (non-hydrogen) atoms. The second kappa shape index (κ2) is 5.84. The maximum atomic E-state index is 11.8. The minimum absolute atomic E-state index is 0.0452. The Morgan fingerprint density at radius 3 is 2.59 bits per heavy atom. The first kappa shape index (κ1) is 12.1. The van der Waals surface area contributed by atoms with Gasteiger partial charge in [-0.15, -0.1) is 11.8 Å². The van der Waals surface area contributed by atoms with Crippen LogP contribution in [0.3, 0.4) is 0 Å². The van der Waals surface area contributed by atoms with Gasteiger partial charge in [-0.25, -0.2) is 0 Å². The number of allylic oxidation sites excluding steroid dienone is 1. The molecule has 0 unspecified atom stereocenters. The highest BCUT2D eigenvalue weighted by Crippen LogP contribution is 2.15. The highest BCUT2D eigenvalue weighted by Gasteiger charge is 2.01. The monoisotopic (exact) mass is 260 g/mol. The van der Waals surface area contributed by atoms with E-state index in [4.69, 9.17) is 0 Å². The SMILES string of the molecule is CSc1ccc(C(=O)/C=C/c2ccsc2)cc1. The lowest BCUT2D eigenvalue weighted by atomic mass is 10.1. The molecule has 0 aliphatic carbocycles. The third-order valence-corrected chi connectivity index (χ3v) is 3.79. The van der Waals surface area contributed by atoms with Gasteiger partial charge in [-0.3, -0.25) is 4.79 Å². The number of thiophene rings is 1. The topological polar surface area (TPSA) is 17.1 Å². The van der Waals surface area contributed by atoms with E-state index in [2.05, 4.69) is 0 Å². The molecule has 0 spiro atoms. The van der Waals surface area contributed by atoms with E-state index >= 15 is 0 Å². The number of benzene rings is 1. The minimum atomic E-state index is 0.0452. The molecule has 1 aromatic heterocycles. The Morgan fingerprint density at radius 1 is 1.24 bits per heavy atom. The smallest absolute Gasteiger partial charge is 0.185 e. The molecular weight excluding hydrogens is 248 g/mol. The average Bonchev–Trinajstić information content (AvgIpc) is 2.89. The van der Waals surface area contributed by atoms with Gasteiger partial charge in [0.05, 0.1) is 0 Å². The molecule has 3 heteroatoms. The summed E-state index contributed by atoms with van der Waals surface area (Å²) in [5.74, 6) is 0.0452. The summed E-state index contributed by atoms with van der Waals surface area (Å²) in [4.78, 5) is 13.0. The van der Waals surface area contributed by atoms with Crippen LogP contribution in [0.1, 0.15) is 15.9 Å². The predicted molar refractivity (Wildman–Crippen MR) is 75.9 cm³/mol. The van der Waals surface area contributed by atoms with E-state index in [-0.39, 0.29) is 5.78 Å². The molecule has 2 rings (SSSR count). The van der Waals surface area contributed by atoms with Crippen molar-refractivity contribution >= 4 is 35.0 Å². The Labute approximate surface area is 109 Å². The van der Waals surface area contributed by atoms with Crippen LogP contribution in [-0.4, -0.2) is 12.0 Å². The van der Waals surface area contributed by atoms with Crippen LogP contribution in [0.2, 0.25) is 0 Å². The van der Waals surface area contributed by atoms with Crippen molar-refractivity contribution in [1.82, 2.24) is 0 Å². The lowest BCUT2D eigenvalue weighted by Gasteiger charge is -1.98. The van der Waals surface area contributed by atoms with Gasteiger partial charge in [-0.1, -0.05) is 6.08 Å². The Hall–Kier alpha value is -1.32. The first-order chi connectivity index (χ1) is 8.29. The van der Waals surface area contributed by atoms with E-state index in [0.29, 0.717) is 0 Å². The zero-order valence-corrected chi connectivity index (χ0v) is 11.1. The number of rotatable bonds is 4. The summed E-state index contributed by atoms with van der Waals surface area (Å²) < 4.78 is 0. The van der Waals surface area contributed by atoms with Crippen LogP contribution in [0.4, 0.5) is 0 Å². The van der Waals surface area contributed by atoms with Crippen molar-refractivity contribution in [1.29, 1.82) is 0 Å². The molecule has 0 N–H and O–H groups in total. The molecule has 0 radical (unpaired) electrons. The predicted octanol–water partition coefficient (Wildman–Crippen LogP) is 4.37. The Morgan fingerprint density at radius 2 is 2.00 bits per heavy atom. The summed E-state index contributed by atoms with van der Waals surface area (Å²) >= 11 is 3.30. The van der Waals surface area contributed by atoms with Crippen molar-refractivity contribution in [3.05, 3.63) is 58.3 Å². The molecule has 1 nitrogen and oxygen atoms in total. The van der Waals surface area contributed by atoms with Crippen LogP contribution in [-0.2, 0) is 0 Å². The third kappa shape index (κ3) is 3.32. The van der Waals surface area contributed by atoms with Crippen molar-refractivity contribution in [2.75, 3.05) is 6.26 Å². The summed E-state index contributed by atoms with van der Waals surface area (Å²) in [6.07, 6.45) is 5.49. The van der Waals surface area contributed by atoms with Crippen molar-refractivity contribution < 1.29 is 4.79 Å². The maximum Gasteiger partial charge on any atom is 0.185 e. The largest absolute Gasteiger partial charge is 0.289 e. The molecule has 0 saturated heterocycles. The molecule has 0 fully saturated rings. The number of ketones is 1. The first-order valence-corrected chi connectivity index (χ1v) is 7.35. The standard InChI is InChI=1S/C14H12OS2/c1-16-13-5-3-12(4-6-13)14(15)7-2-11-8-9-17-10-11/h2-10H,1H3/b7-2+. The fraction of sp³-hybridized carbons (Fsp3) is 0.0714. The van der Waals surface area contributed by atoms with Gasteiger partial charge in [0.15, 0.2) is 5.78 Å². The van der Waals surface area contributed by atoms with E-state index in [1.54, 1.807) is 29.2 Å². The molecule has 0 atom stereocenters. The number of hydrogen-bond acceptors (Lipinski definition) is 3. The first-order valence-electron chi connectivity index (χ1n) is 5.18. The maximum absolute atomic E-state index is 11.8. The Balaban J connectivity index is 2.09. The second-order valence-corrected chi connectivity index (χ2v) is 5.14. The van der Waals surface area contributed by atoms with Gasteiger partial charge in [0, 0.05) is 10.5 Å². The fourth-order valence-corrected chi connectivity index (χ4v) is 2.43. The average molecular weight is 260 g/mol. The number of hydrogen-bond donors (Lipinski definition) is 0. The third-order valence-electron chi connectivity index (χ3n) is 2.34. The minimum Gasteiger partial charge on any atom is -0.289 e. The van der Waals surface area contributed by atoms with Crippen LogP contribution in [0.5, 0.6) is 0 Å². The van der Waals surface area contributed by atoms with E-state index in [1.807, 2.05) is 53.4 Å². The van der Waals surface area contributed by atoms with Crippen LogP contribution in [0.25, 0.3) is 6.08 Å². The molecule has 86 valence electrons. The summed E-state index contributed by atoms with van der Waals surface area (Å²) in [7, 11) is 0. The molecule has 2 aromatic rings. The van der Waals surface area contributed by atoms with Gasteiger partial charge in [0.2, 0.25) is 0 Å². The van der Waals surface area contributed by atoms with E-state index < -0.39 is 0 Å². The van der Waals surface area contributed by atoms with Gasteiger partial charge in [-0.2, -0.15) is 11.3 Å². The number of carbonyl (C=O) groups excluding carboxylic acids is 1. The van der Waals surface area contributed by atoms with Gasteiger partial charge >= 0.3 is 0 Å². The molecule has 1 aromatic carbocycles. The lowest BCUT2D eigenvalue weighted by molar-refractivity contribution is 0.104.